The lowest BCUT2D eigenvalue weighted by Gasteiger charge is -2.09. The molecule has 0 radical (unpaired) electrons. The van der Waals surface area contributed by atoms with Gasteiger partial charge >= 0.3 is 0 Å². The Morgan fingerprint density at radius 1 is 0.947 bits per heavy atom. The molecule has 0 aliphatic rings. The van der Waals surface area contributed by atoms with Crippen LogP contribution in [0, 0.1) is 13.8 Å². The van der Waals surface area contributed by atoms with Crippen LogP contribution in [0.3, 0.4) is 0 Å². The molecule has 0 bridgehead atoms. The number of hydrogen-bond acceptors (Lipinski definition) is 1. The second-order valence-corrected chi connectivity index (χ2v) is 5.40. The molecule has 1 atom stereocenters. The third-order valence-electron chi connectivity index (χ3n) is 3.18. The van der Waals surface area contributed by atoms with Crippen LogP contribution in [0.1, 0.15) is 38.8 Å². The molecule has 2 rings (SSSR count). The van der Waals surface area contributed by atoms with Crippen LogP contribution < -0.4 is 0 Å². The summed E-state index contributed by atoms with van der Waals surface area (Å²) in [5.41, 5.74) is 4.06. The lowest BCUT2D eigenvalue weighted by Crippen LogP contribution is -2.03. The van der Waals surface area contributed by atoms with E-state index in [9.17, 15) is 4.79 Å². The molecule has 2 aromatic carbocycles. The first-order valence-corrected chi connectivity index (χ1v) is 6.80. The van der Waals surface area contributed by atoms with E-state index in [0.29, 0.717) is 6.42 Å². The second kappa shape index (κ2) is 6.03. The molecule has 2 heteroatoms. The van der Waals surface area contributed by atoms with Crippen LogP contribution >= 0.6 is 11.6 Å². The molecule has 0 amide bonds. The van der Waals surface area contributed by atoms with E-state index in [-0.39, 0.29) is 11.2 Å². The predicted octanol–water partition coefficient (Wildman–Crippen LogP) is 4.86. The molecule has 0 unspecified atom stereocenters. The summed E-state index contributed by atoms with van der Waals surface area (Å²) in [7, 11) is 0. The summed E-state index contributed by atoms with van der Waals surface area (Å²) in [6.45, 7) is 4.04. The van der Waals surface area contributed by atoms with Gasteiger partial charge in [0, 0.05) is 12.0 Å². The zero-order valence-corrected chi connectivity index (χ0v) is 11.9. The minimum absolute atomic E-state index is 0.0839. The van der Waals surface area contributed by atoms with Crippen molar-refractivity contribution in [3.05, 3.63) is 70.8 Å². The Labute approximate surface area is 119 Å². The Hall–Kier alpha value is -1.60. The number of benzene rings is 2. The van der Waals surface area contributed by atoms with E-state index >= 15 is 0 Å². The van der Waals surface area contributed by atoms with Crippen molar-refractivity contribution in [3.63, 3.8) is 0 Å². The number of hydrogen-bond donors (Lipinski definition) is 0. The first-order chi connectivity index (χ1) is 9.06. The number of ketones is 1. The van der Waals surface area contributed by atoms with Gasteiger partial charge < -0.3 is 0 Å². The predicted molar refractivity (Wildman–Crippen MR) is 79.9 cm³/mol. The van der Waals surface area contributed by atoms with Crippen LogP contribution in [0.25, 0.3) is 0 Å². The van der Waals surface area contributed by atoms with Crippen molar-refractivity contribution < 1.29 is 4.79 Å². The summed E-state index contributed by atoms with van der Waals surface area (Å²) >= 11 is 6.31. The quantitative estimate of drug-likeness (QED) is 0.574. The van der Waals surface area contributed by atoms with Gasteiger partial charge in [-0.05, 0) is 19.4 Å². The molecule has 0 saturated heterocycles. The van der Waals surface area contributed by atoms with E-state index < -0.39 is 0 Å². The molecule has 0 N–H and O–H groups in total. The summed E-state index contributed by atoms with van der Waals surface area (Å²) in [6, 6.07) is 15.6. The third kappa shape index (κ3) is 3.68. The fourth-order valence-electron chi connectivity index (χ4n) is 1.91. The highest BCUT2D eigenvalue weighted by Crippen LogP contribution is 2.26. The molecular formula is C17H17ClO. The van der Waals surface area contributed by atoms with Crippen molar-refractivity contribution in [2.24, 2.45) is 0 Å². The van der Waals surface area contributed by atoms with Gasteiger partial charge in [0.05, 0.1) is 5.38 Å². The van der Waals surface area contributed by atoms with E-state index in [0.717, 1.165) is 16.7 Å². The zero-order valence-electron chi connectivity index (χ0n) is 11.2. The standard InChI is InChI=1S/C17H17ClO/c1-12-3-7-14(8-4-12)16(18)11-17(19)15-9-5-13(2)6-10-15/h3-10,16H,11H2,1-2H3/t16-/m1/s1. The third-order valence-corrected chi connectivity index (χ3v) is 3.58. The molecule has 1 nitrogen and oxygen atoms in total. The summed E-state index contributed by atoms with van der Waals surface area (Å²) < 4.78 is 0. The van der Waals surface area contributed by atoms with Crippen LogP contribution in [0.15, 0.2) is 48.5 Å². The normalized spacial score (nSPS) is 12.2. The maximum Gasteiger partial charge on any atom is 0.164 e. The molecule has 0 saturated carbocycles. The summed E-state index contributed by atoms with van der Waals surface area (Å²) in [4.78, 5) is 12.1. The molecule has 0 spiro atoms. The maximum absolute atomic E-state index is 12.1. The number of carbonyl (C=O) groups excluding carboxylic acids is 1. The van der Waals surface area contributed by atoms with Crippen molar-refractivity contribution in [3.8, 4) is 0 Å². The lowest BCUT2D eigenvalue weighted by molar-refractivity contribution is 0.0981. The van der Waals surface area contributed by atoms with E-state index in [1.807, 2.05) is 62.4 Å². The smallest absolute Gasteiger partial charge is 0.164 e. The number of aryl methyl sites for hydroxylation is 2. The van der Waals surface area contributed by atoms with Crippen LogP contribution in [-0.4, -0.2) is 5.78 Å². The number of rotatable bonds is 4. The van der Waals surface area contributed by atoms with Gasteiger partial charge in [-0.3, -0.25) is 4.79 Å². The molecular weight excluding hydrogens is 256 g/mol. The molecule has 0 fully saturated rings. The van der Waals surface area contributed by atoms with Crippen LogP contribution in [0.4, 0.5) is 0 Å². The Kier molecular flexibility index (Phi) is 4.39. The SMILES string of the molecule is Cc1ccc(C(=O)C[C@@H](Cl)c2ccc(C)cc2)cc1. The molecule has 0 aliphatic carbocycles. The zero-order chi connectivity index (χ0) is 13.8. The molecule has 0 heterocycles. The molecule has 0 aromatic heterocycles. The number of halogens is 1. The minimum Gasteiger partial charge on any atom is -0.294 e. The number of carbonyl (C=O) groups is 1. The Morgan fingerprint density at radius 3 is 1.95 bits per heavy atom. The fourth-order valence-corrected chi connectivity index (χ4v) is 2.20. The average molecular weight is 273 g/mol. The molecule has 2 aromatic rings. The fraction of sp³-hybridized carbons (Fsp3) is 0.235. The van der Waals surface area contributed by atoms with E-state index in [4.69, 9.17) is 11.6 Å². The van der Waals surface area contributed by atoms with Gasteiger partial charge in [-0.2, -0.15) is 0 Å². The summed E-state index contributed by atoms with van der Waals surface area (Å²) in [5.74, 6) is 0.0839. The Bertz CT molecular complexity index is 555. The topological polar surface area (TPSA) is 17.1 Å². The number of alkyl halides is 1. The van der Waals surface area contributed by atoms with Crippen molar-refractivity contribution in [1.82, 2.24) is 0 Å². The highest BCUT2D eigenvalue weighted by atomic mass is 35.5. The van der Waals surface area contributed by atoms with Crippen LogP contribution in [0.2, 0.25) is 0 Å². The van der Waals surface area contributed by atoms with Crippen LogP contribution in [0.5, 0.6) is 0 Å². The van der Waals surface area contributed by atoms with E-state index in [1.165, 1.54) is 5.56 Å². The van der Waals surface area contributed by atoms with Gasteiger partial charge in [-0.15, -0.1) is 11.6 Å². The van der Waals surface area contributed by atoms with Gasteiger partial charge in [0.1, 0.15) is 0 Å². The van der Waals surface area contributed by atoms with E-state index in [1.54, 1.807) is 0 Å². The van der Waals surface area contributed by atoms with Crippen molar-refractivity contribution in [2.45, 2.75) is 25.6 Å². The maximum atomic E-state index is 12.1. The van der Waals surface area contributed by atoms with Crippen molar-refractivity contribution >= 4 is 17.4 Å². The van der Waals surface area contributed by atoms with E-state index in [2.05, 4.69) is 0 Å². The van der Waals surface area contributed by atoms with Gasteiger partial charge in [0.25, 0.3) is 0 Å². The Balaban J connectivity index is 2.06. The summed E-state index contributed by atoms with van der Waals surface area (Å²) in [5, 5.41) is -0.269. The van der Waals surface area contributed by atoms with Crippen LogP contribution in [-0.2, 0) is 0 Å². The molecule has 0 aliphatic heterocycles. The average Bonchev–Trinajstić information content (AvgIpc) is 2.40. The monoisotopic (exact) mass is 272 g/mol. The highest BCUT2D eigenvalue weighted by molar-refractivity contribution is 6.22. The Morgan fingerprint density at radius 2 is 1.42 bits per heavy atom. The molecule has 98 valence electrons. The largest absolute Gasteiger partial charge is 0.294 e. The first-order valence-electron chi connectivity index (χ1n) is 6.37. The van der Waals surface area contributed by atoms with Crippen molar-refractivity contribution in [1.29, 1.82) is 0 Å². The van der Waals surface area contributed by atoms with Gasteiger partial charge in [-0.25, -0.2) is 0 Å². The number of Topliss-reactive ketones (excluding diaryl/α,β-unsaturated/α-hetero) is 1. The van der Waals surface area contributed by atoms with Gasteiger partial charge in [-0.1, -0.05) is 59.7 Å². The molecule has 19 heavy (non-hydrogen) atoms. The van der Waals surface area contributed by atoms with Gasteiger partial charge in [0.2, 0.25) is 0 Å². The first kappa shape index (κ1) is 13.8. The van der Waals surface area contributed by atoms with Crippen molar-refractivity contribution in [2.75, 3.05) is 0 Å². The lowest BCUT2D eigenvalue weighted by atomic mass is 10.0. The highest BCUT2D eigenvalue weighted by Gasteiger charge is 2.14. The second-order valence-electron chi connectivity index (χ2n) is 4.87. The summed E-state index contributed by atoms with van der Waals surface area (Å²) in [6.07, 6.45) is 0.327. The minimum atomic E-state index is -0.269. The van der Waals surface area contributed by atoms with Gasteiger partial charge in [0.15, 0.2) is 5.78 Å².